The minimum Gasteiger partial charge on any atom is -0.353 e. The second-order valence-corrected chi connectivity index (χ2v) is 5.59. The van der Waals surface area contributed by atoms with Crippen LogP contribution in [0.2, 0.25) is 0 Å². The second-order valence-electron chi connectivity index (χ2n) is 5.59. The van der Waals surface area contributed by atoms with Gasteiger partial charge in [0.2, 0.25) is 5.91 Å². The molecule has 2 rings (SSSR count). The van der Waals surface area contributed by atoms with Gasteiger partial charge in [-0.05, 0) is 19.4 Å². The number of carbonyl (C=O) groups is 1. The Labute approximate surface area is 122 Å². The van der Waals surface area contributed by atoms with Crippen LogP contribution in [0.3, 0.4) is 0 Å². The smallest absolute Gasteiger partial charge is 0.353 e. The van der Waals surface area contributed by atoms with Crippen LogP contribution in [0.15, 0.2) is 0 Å². The van der Waals surface area contributed by atoms with Gasteiger partial charge in [-0.1, -0.05) is 6.42 Å². The van der Waals surface area contributed by atoms with E-state index in [4.69, 9.17) is 0 Å². The molecule has 0 aromatic rings. The molecule has 3 N–H and O–H groups in total. The number of piperazine rings is 1. The number of hydrogen-bond donors (Lipinski definition) is 3. The van der Waals surface area contributed by atoms with Crippen molar-refractivity contribution in [1.29, 1.82) is 0 Å². The van der Waals surface area contributed by atoms with Gasteiger partial charge in [-0.25, -0.2) is 0 Å². The van der Waals surface area contributed by atoms with Crippen molar-refractivity contribution >= 4 is 5.91 Å². The predicted molar refractivity (Wildman–Crippen MR) is 72.9 cm³/mol. The molecule has 0 saturated carbocycles. The van der Waals surface area contributed by atoms with E-state index in [9.17, 15) is 18.0 Å². The molecule has 5 nitrogen and oxygen atoms in total. The zero-order valence-corrected chi connectivity index (χ0v) is 12.0. The van der Waals surface area contributed by atoms with E-state index in [1.54, 1.807) is 0 Å². The van der Waals surface area contributed by atoms with Crippen LogP contribution in [0.5, 0.6) is 0 Å². The monoisotopic (exact) mass is 308 g/mol. The number of carbonyl (C=O) groups excluding carboxylic acids is 1. The molecule has 2 unspecified atom stereocenters. The topological polar surface area (TPSA) is 56.4 Å². The number of amides is 1. The Balaban J connectivity index is 1.87. The van der Waals surface area contributed by atoms with Gasteiger partial charge in [-0.2, -0.15) is 13.2 Å². The fraction of sp³-hybridized carbons (Fsp3) is 0.923. The molecule has 0 spiro atoms. The van der Waals surface area contributed by atoms with Gasteiger partial charge < -0.3 is 16.0 Å². The van der Waals surface area contributed by atoms with Gasteiger partial charge in [-0.15, -0.1) is 0 Å². The molecule has 2 heterocycles. The third-order valence-corrected chi connectivity index (χ3v) is 4.07. The average Bonchev–Trinajstić information content (AvgIpc) is 2.48. The van der Waals surface area contributed by atoms with Gasteiger partial charge in [0.1, 0.15) is 6.04 Å². The van der Waals surface area contributed by atoms with Crippen LogP contribution in [-0.4, -0.2) is 68.3 Å². The third kappa shape index (κ3) is 4.82. The molecular weight excluding hydrogens is 285 g/mol. The maximum atomic E-state index is 13.2. The summed E-state index contributed by atoms with van der Waals surface area (Å²) in [7, 11) is 0. The van der Waals surface area contributed by atoms with Crippen molar-refractivity contribution in [3.63, 3.8) is 0 Å². The van der Waals surface area contributed by atoms with Gasteiger partial charge in [0.25, 0.3) is 0 Å². The minimum atomic E-state index is -4.33. The van der Waals surface area contributed by atoms with Gasteiger partial charge in [0.05, 0.1) is 6.04 Å². The molecule has 1 amide bonds. The second kappa shape index (κ2) is 7.42. The average molecular weight is 308 g/mol. The van der Waals surface area contributed by atoms with Crippen molar-refractivity contribution in [3.05, 3.63) is 0 Å². The maximum absolute atomic E-state index is 13.2. The van der Waals surface area contributed by atoms with Gasteiger partial charge >= 0.3 is 6.18 Å². The van der Waals surface area contributed by atoms with Crippen molar-refractivity contribution < 1.29 is 18.0 Å². The molecule has 2 aliphatic heterocycles. The van der Waals surface area contributed by atoms with Crippen LogP contribution in [0.25, 0.3) is 0 Å². The van der Waals surface area contributed by atoms with E-state index >= 15 is 0 Å². The first-order valence-electron chi connectivity index (χ1n) is 7.51. The van der Waals surface area contributed by atoms with E-state index < -0.39 is 12.2 Å². The lowest BCUT2D eigenvalue weighted by atomic mass is 10.0. The lowest BCUT2D eigenvalue weighted by Crippen LogP contribution is -2.58. The zero-order chi connectivity index (χ0) is 15.3. The fourth-order valence-electron chi connectivity index (χ4n) is 2.84. The largest absolute Gasteiger partial charge is 0.405 e. The molecule has 0 aliphatic carbocycles. The number of nitrogens with zero attached hydrogens (tertiary/aromatic N) is 1. The number of piperidine rings is 1. The van der Waals surface area contributed by atoms with Crippen molar-refractivity contribution in [2.75, 3.05) is 39.3 Å². The molecule has 21 heavy (non-hydrogen) atoms. The highest BCUT2D eigenvalue weighted by molar-refractivity contribution is 5.81. The molecule has 8 heteroatoms. The molecule has 0 bridgehead atoms. The summed E-state index contributed by atoms with van der Waals surface area (Å²) in [5.41, 5.74) is 0. The number of halogens is 3. The van der Waals surface area contributed by atoms with E-state index in [0.717, 1.165) is 19.4 Å². The summed E-state index contributed by atoms with van der Waals surface area (Å²) < 4.78 is 39.5. The Bertz CT molecular complexity index is 339. The molecule has 122 valence electrons. The Morgan fingerprint density at radius 1 is 1.24 bits per heavy atom. The first-order chi connectivity index (χ1) is 9.98. The van der Waals surface area contributed by atoms with Gasteiger partial charge in [-0.3, -0.25) is 9.69 Å². The summed E-state index contributed by atoms with van der Waals surface area (Å²) in [5.74, 6) is -0.320. The van der Waals surface area contributed by atoms with Crippen LogP contribution in [0.1, 0.15) is 19.3 Å². The number of hydrogen-bond acceptors (Lipinski definition) is 4. The Morgan fingerprint density at radius 2 is 1.95 bits per heavy atom. The molecule has 2 fully saturated rings. The first-order valence-corrected chi connectivity index (χ1v) is 7.51. The quantitative estimate of drug-likeness (QED) is 0.688. The van der Waals surface area contributed by atoms with Crippen LogP contribution < -0.4 is 16.0 Å². The van der Waals surface area contributed by atoms with E-state index in [1.165, 1.54) is 4.90 Å². The van der Waals surface area contributed by atoms with E-state index in [2.05, 4.69) is 16.0 Å². The first kappa shape index (κ1) is 16.5. The summed E-state index contributed by atoms with van der Waals surface area (Å²) in [6, 6.07) is -1.96. The van der Waals surface area contributed by atoms with Crippen molar-refractivity contribution in [2.45, 2.75) is 37.5 Å². The molecule has 0 aromatic carbocycles. The number of nitrogens with one attached hydrogen (secondary N) is 3. The summed E-state index contributed by atoms with van der Waals surface area (Å²) in [4.78, 5) is 13.3. The fourth-order valence-corrected chi connectivity index (χ4v) is 2.84. The zero-order valence-electron chi connectivity index (χ0n) is 12.0. The van der Waals surface area contributed by atoms with Gasteiger partial charge in [0.15, 0.2) is 0 Å². The molecule has 2 atom stereocenters. The Hall–Kier alpha value is -0.860. The summed E-state index contributed by atoms with van der Waals surface area (Å²) in [6.45, 7) is 2.16. The predicted octanol–water partition coefficient (Wildman–Crippen LogP) is 0.0808. The third-order valence-electron chi connectivity index (χ3n) is 4.07. The highest BCUT2D eigenvalue weighted by atomic mass is 19.4. The minimum absolute atomic E-state index is 0.320. The standard InChI is InChI=1S/C13H23F3N4O/c14-13(15,16)11(20-7-5-17-6-8-20)9-19-12(21)10-3-1-2-4-18-10/h10-11,17-18H,1-9H2,(H,19,21). The van der Waals surface area contributed by atoms with Crippen molar-refractivity contribution in [1.82, 2.24) is 20.9 Å². The van der Waals surface area contributed by atoms with E-state index in [1.807, 2.05) is 0 Å². The van der Waals surface area contributed by atoms with E-state index in [0.29, 0.717) is 32.6 Å². The number of rotatable bonds is 4. The van der Waals surface area contributed by atoms with Crippen molar-refractivity contribution in [3.8, 4) is 0 Å². The van der Waals surface area contributed by atoms with Gasteiger partial charge in [0, 0.05) is 32.7 Å². The van der Waals surface area contributed by atoms with Crippen LogP contribution in [0.4, 0.5) is 13.2 Å². The lowest BCUT2D eigenvalue weighted by molar-refractivity contribution is -0.184. The lowest BCUT2D eigenvalue weighted by Gasteiger charge is -2.36. The SMILES string of the molecule is O=C(NCC(N1CCNCC1)C(F)(F)F)C1CCCCN1. The highest BCUT2D eigenvalue weighted by Gasteiger charge is 2.44. The molecule has 0 radical (unpaired) electrons. The Morgan fingerprint density at radius 3 is 2.52 bits per heavy atom. The highest BCUT2D eigenvalue weighted by Crippen LogP contribution is 2.24. The van der Waals surface area contributed by atoms with Crippen molar-refractivity contribution in [2.24, 2.45) is 0 Å². The molecule has 2 saturated heterocycles. The molecular formula is C13H23F3N4O. The van der Waals surface area contributed by atoms with Crippen LogP contribution in [-0.2, 0) is 4.79 Å². The Kier molecular flexibility index (Phi) is 5.83. The number of alkyl halides is 3. The summed E-state index contributed by atoms with van der Waals surface area (Å²) in [5, 5.41) is 8.55. The molecule has 2 aliphatic rings. The summed E-state index contributed by atoms with van der Waals surface area (Å²) >= 11 is 0. The normalized spacial score (nSPS) is 26.3. The van der Waals surface area contributed by atoms with Crippen LogP contribution >= 0.6 is 0 Å². The maximum Gasteiger partial charge on any atom is 0.405 e. The van der Waals surface area contributed by atoms with E-state index in [-0.39, 0.29) is 18.5 Å². The van der Waals surface area contributed by atoms with Crippen LogP contribution in [0, 0.1) is 0 Å². The summed E-state index contributed by atoms with van der Waals surface area (Å²) in [6.07, 6.45) is -1.69. The molecule has 0 aromatic heterocycles.